The highest BCUT2D eigenvalue weighted by atomic mass is 19.3. The van der Waals surface area contributed by atoms with Gasteiger partial charge in [-0.1, -0.05) is 12.1 Å². The monoisotopic (exact) mass is 473 g/mol. The number of ether oxygens (including phenoxy) is 1. The molecule has 3 saturated carbocycles. The molecule has 176 valence electrons. The topological polar surface area (TPSA) is 96.8 Å². The maximum Gasteiger partial charge on any atom is 0.287 e. The Balaban J connectivity index is 1.44. The molecule has 2 bridgehead atoms. The van der Waals surface area contributed by atoms with Gasteiger partial charge in [-0.2, -0.15) is 5.26 Å². The molecule has 0 radical (unpaired) electrons. The van der Waals surface area contributed by atoms with Gasteiger partial charge in [0.1, 0.15) is 29.8 Å². The van der Waals surface area contributed by atoms with Crippen LogP contribution in [-0.4, -0.2) is 37.8 Å². The van der Waals surface area contributed by atoms with Crippen molar-refractivity contribution in [2.24, 2.45) is 5.41 Å². The van der Waals surface area contributed by atoms with Gasteiger partial charge in [-0.05, 0) is 64.9 Å². The molecule has 1 N–H and O–H groups in total. The Bertz CT molecular complexity index is 1240. The summed E-state index contributed by atoms with van der Waals surface area (Å²) < 4.78 is 66.6. The predicted octanol–water partition coefficient (Wildman–Crippen LogP) is 3.50. The molecule has 0 saturated heterocycles. The normalized spacial score (nSPS) is 24.9. The minimum Gasteiger partial charge on any atom is -0.479 e. The molecule has 1 aromatic heterocycles. The number of alkyl halides is 2. The molecule has 0 amide bonds. The van der Waals surface area contributed by atoms with E-state index in [1.165, 1.54) is 0 Å². The second-order valence-corrected chi connectivity index (χ2v) is 9.13. The van der Waals surface area contributed by atoms with Crippen LogP contribution in [0.5, 0.6) is 5.75 Å². The summed E-state index contributed by atoms with van der Waals surface area (Å²) in [5.74, 6) is -5.49. The summed E-state index contributed by atoms with van der Waals surface area (Å²) in [4.78, 5) is 0. The van der Waals surface area contributed by atoms with Gasteiger partial charge in [-0.3, -0.25) is 0 Å². The molecule has 3 fully saturated rings. The number of halogens is 4. The largest absolute Gasteiger partial charge is 0.479 e. The van der Waals surface area contributed by atoms with Crippen molar-refractivity contribution in [3.05, 3.63) is 71.6 Å². The number of tetrazole rings is 1. The molecule has 0 spiro atoms. The zero-order valence-electron chi connectivity index (χ0n) is 17.8. The summed E-state index contributed by atoms with van der Waals surface area (Å²) >= 11 is 0. The first-order chi connectivity index (χ1) is 16.1. The third-order valence-electron chi connectivity index (χ3n) is 7.14. The van der Waals surface area contributed by atoms with Crippen LogP contribution in [0, 0.1) is 28.4 Å². The van der Waals surface area contributed by atoms with Crippen molar-refractivity contribution in [2.75, 3.05) is 6.61 Å². The summed E-state index contributed by atoms with van der Waals surface area (Å²) in [5, 5.41) is 30.3. The van der Waals surface area contributed by atoms with Crippen molar-refractivity contribution in [2.45, 2.75) is 42.7 Å². The fraction of sp³-hybridized carbons (Fsp3) is 0.391. The van der Waals surface area contributed by atoms with E-state index < -0.39 is 46.1 Å². The van der Waals surface area contributed by atoms with Gasteiger partial charge in [0, 0.05) is 17.0 Å². The Kier molecular flexibility index (Phi) is 4.91. The molecule has 34 heavy (non-hydrogen) atoms. The van der Waals surface area contributed by atoms with Gasteiger partial charge in [0.15, 0.2) is 12.2 Å². The van der Waals surface area contributed by atoms with Crippen LogP contribution in [0.25, 0.3) is 0 Å². The van der Waals surface area contributed by atoms with Gasteiger partial charge in [-0.15, -0.1) is 5.10 Å². The van der Waals surface area contributed by atoms with Gasteiger partial charge in [0.25, 0.3) is 5.92 Å². The first kappa shape index (κ1) is 22.3. The summed E-state index contributed by atoms with van der Waals surface area (Å²) in [5.41, 5.74) is -4.92. The van der Waals surface area contributed by atoms with Crippen molar-refractivity contribution in [1.82, 2.24) is 20.2 Å². The first-order valence-electron chi connectivity index (χ1n) is 10.5. The van der Waals surface area contributed by atoms with Crippen molar-refractivity contribution in [1.29, 1.82) is 5.26 Å². The Morgan fingerprint density at radius 1 is 1.12 bits per heavy atom. The summed E-state index contributed by atoms with van der Waals surface area (Å²) in [6, 6.07) is 10.9. The van der Waals surface area contributed by atoms with Crippen LogP contribution in [-0.2, 0) is 17.6 Å². The van der Waals surface area contributed by atoms with E-state index in [0.717, 1.165) is 28.7 Å². The minimum absolute atomic E-state index is 0.0894. The molecule has 7 nitrogen and oxygen atoms in total. The number of aromatic nitrogens is 4. The standard InChI is InChI=1S/C23H19F4N5O2/c24-16-3-6-18(19(25)9-16)22(33,13-32-14-29-30-31-32)23(26,27)21-10-20(11-21,12-21)15-1-4-17(5-2-15)34-8-7-28/h1-6,9,14,33H,8,10-13H2. The van der Waals surface area contributed by atoms with E-state index >= 15 is 8.78 Å². The molecule has 1 heterocycles. The molecular weight excluding hydrogens is 454 g/mol. The van der Waals surface area contributed by atoms with Crippen LogP contribution in [0.4, 0.5) is 17.6 Å². The molecule has 1 unspecified atom stereocenters. The van der Waals surface area contributed by atoms with Crippen molar-refractivity contribution < 1.29 is 27.4 Å². The zero-order valence-corrected chi connectivity index (χ0v) is 17.8. The lowest BCUT2D eigenvalue weighted by Gasteiger charge is -2.74. The molecule has 3 aromatic rings. The second kappa shape index (κ2) is 7.50. The fourth-order valence-corrected chi connectivity index (χ4v) is 5.55. The SMILES string of the molecule is N#CCOc1ccc(C23CC(C(F)(F)C(O)(Cn4cnnn4)c4ccc(F)cc4F)(C2)C3)cc1. The Morgan fingerprint density at radius 3 is 2.41 bits per heavy atom. The Hall–Kier alpha value is -3.52. The number of hydrogen-bond acceptors (Lipinski definition) is 6. The summed E-state index contributed by atoms with van der Waals surface area (Å²) in [7, 11) is 0. The van der Waals surface area contributed by atoms with Crippen molar-refractivity contribution in [3.63, 3.8) is 0 Å². The van der Waals surface area contributed by atoms with Crippen LogP contribution in [0.3, 0.4) is 0 Å². The maximum absolute atomic E-state index is 16.1. The summed E-state index contributed by atoms with van der Waals surface area (Å²) in [6.45, 7) is -0.908. The molecule has 3 aliphatic rings. The smallest absolute Gasteiger partial charge is 0.287 e. The average molecular weight is 473 g/mol. The fourth-order valence-electron chi connectivity index (χ4n) is 5.55. The number of nitrogens with zero attached hydrogens (tertiary/aromatic N) is 5. The lowest BCUT2D eigenvalue weighted by atomic mass is 9.30. The lowest BCUT2D eigenvalue weighted by molar-refractivity contribution is -0.347. The van der Waals surface area contributed by atoms with E-state index in [1.54, 1.807) is 24.3 Å². The van der Waals surface area contributed by atoms with E-state index in [-0.39, 0.29) is 25.9 Å². The summed E-state index contributed by atoms with van der Waals surface area (Å²) in [6.07, 6.45) is 1.31. The van der Waals surface area contributed by atoms with Crippen LogP contribution in [0.1, 0.15) is 30.4 Å². The number of benzene rings is 2. The van der Waals surface area contributed by atoms with E-state index in [9.17, 15) is 13.9 Å². The number of nitriles is 1. The van der Waals surface area contributed by atoms with Gasteiger partial charge < -0.3 is 9.84 Å². The first-order valence-corrected chi connectivity index (χ1v) is 10.5. The quantitative estimate of drug-likeness (QED) is 0.503. The van der Waals surface area contributed by atoms with Crippen LogP contribution >= 0.6 is 0 Å². The van der Waals surface area contributed by atoms with E-state index in [2.05, 4.69) is 15.5 Å². The minimum atomic E-state index is -3.78. The number of hydrogen-bond donors (Lipinski definition) is 1. The van der Waals surface area contributed by atoms with Crippen molar-refractivity contribution >= 4 is 0 Å². The molecule has 3 aliphatic carbocycles. The van der Waals surface area contributed by atoms with Gasteiger partial charge in [0.05, 0.1) is 6.54 Å². The van der Waals surface area contributed by atoms with Gasteiger partial charge in [-0.25, -0.2) is 22.2 Å². The van der Waals surface area contributed by atoms with E-state index in [0.29, 0.717) is 11.8 Å². The molecule has 0 aliphatic heterocycles. The van der Waals surface area contributed by atoms with E-state index in [1.807, 2.05) is 6.07 Å². The van der Waals surface area contributed by atoms with E-state index in [4.69, 9.17) is 10.00 Å². The number of rotatable bonds is 8. The molecular formula is C23H19F4N5O2. The third-order valence-corrected chi connectivity index (χ3v) is 7.14. The molecule has 11 heteroatoms. The predicted molar refractivity (Wildman–Crippen MR) is 109 cm³/mol. The highest BCUT2D eigenvalue weighted by Crippen LogP contribution is 2.80. The second-order valence-electron chi connectivity index (χ2n) is 9.13. The van der Waals surface area contributed by atoms with Crippen molar-refractivity contribution in [3.8, 4) is 11.8 Å². The van der Waals surface area contributed by atoms with Gasteiger partial charge >= 0.3 is 0 Å². The Labute approximate surface area is 191 Å². The number of aliphatic hydroxyl groups is 1. The highest BCUT2D eigenvalue weighted by Gasteiger charge is 2.82. The van der Waals surface area contributed by atoms with Crippen LogP contribution in [0.2, 0.25) is 0 Å². The van der Waals surface area contributed by atoms with Gasteiger partial charge in [0.2, 0.25) is 0 Å². The molecule has 1 atom stereocenters. The Morgan fingerprint density at radius 2 is 1.82 bits per heavy atom. The highest BCUT2D eigenvalue weighted by molar-refractivity contribution is 5.44. The zero-order chi connectivity index (χ0) is 24.2. The maximum atomic E-state index is 16.1. The third kappa shape index (κ3) is 3.09. The molecule has 6 rings (SSSR count). The molecule has 2 aromatic carbocycles. The average Bonchev–Trinajstić information content (AvgIpc) is 3.23. The van der Waals surface area contributed by atoms with Crippen LogP contribution < -0.4 is 4.74 Å². The lowest BCUT2D eigenvalue weighted by Crippen LogP contribution is -2.76. The van der Waals surface area contributed by atoms with Crippen LogP contribution in [0.15, 0.2) is 48.8 Å².